The van der Waals surface area contributed by atoms with Gasteiger partial charge in [0.15, 0.2) is 0 Å². The van der Waals surface area contributed by atoms with Gasteiger partial charge in [-0.3, -0.25) is 4.90 Å². The van der Waals surface area contributed by atoms with Gasteiger partial charge in [-0.15, -0.1) is 0 Å². The summed E-state index contributed by atoms with van der Waals surface area (Å²) in [7, 11) is 0. The van der Waals surface area contributed by atoms with E-state index in [0.29, 0.717) is 0 Å². The molecular weight excluding hydrogens is 186 g/mol. The Labute approximate surface area is 91.9 Å². The van der Waals surface area contributed by atoms with Crippen molar-refractivity contribution in [1.29, 1.82) is 0 Å². The molecule has 2 rings (SSSR count). The summed E-state index contributed by atoms with van der Waals surface area (Å²) in [5, 5.41) is 0. The highest BCUT2D eigenvalue weighted by atomic mass is 15.2. The van der Waals surface area contributed by atoms with Crippen molar-refractivity contribution >= 4 is 0 Å². The normalized spacial score (nSPS) is 23.5. The summed E-state index contributed by atoms with van der Waals surface area (Å²) in [6.07, 6.45) is 6.47. The van der Waals surface area contributed by atoms with E-state index < -0.39 is 0 Å². The molecule has 15 heavy (non-hydrogen) atoms. The van der Waals surface area contributed by atoms with Crippen LogP contribution in [0.4, 0.5) is 0 Å². The minimum atomic E-state index is 0.810. The summed E-state index contributed by atoms with van der Waals surface area (Å²) >= 11 is 0. The van der Waals surface area contributed by atoms with Crippen LogP contribution in [0.2, 0.25) is 0 Å². The van der Waals surface area contributed by atoms with Gasteiger partial charge in [0, 0.05) is 18.9 Å². The van der Waals surface area contributed by atoms with Crippen LogP contribution in [0.25, 0.3) is 0 Å². The zero-order valence-corrected chi connectivity index (χ0v) is 9.74. The minimum Gasteiger partial charge on any atom is -0.348 e. The van der Waals surface area contributed by atoms with Gasteiger partial charge in [0.1, 0.15) is 5.82 Å². The van der Waals surface area contributed by atoms with Crippen LogP contribution in [-0.4, -0.2) is 28.0 Å². The predicted molar refractivity (Wildman–Crippen MR) is 61.4 cm³/mol. The van der Waals surface area contributed by atoms with Crippen LogP contribution < -0.4 is 0 Å². The average Bonchev–Trinajstić information content (AvgIpc) is 2.71. The van der Waals surface area contributed by atoms with Gasteiger partial charge >= 0.3 is 0 Å². The van der Waals surface area contributed by atoms with Gasteiger partial charge in [0.05, 0.1) is 6.54 Å². The van der Waals surface area contributed by atoms with Crippen molar-refractivity contribution in [2.45, 2.75) is 33.2 Å². The Morgan fingerprint density at radius 1 is 1.60 bits per heavy atom. The van der Waals surface area contributed by atoms with Gasteiger partial charge in [-0.2, -0.15) is 0 Å². The number of rotatable bonds is 3. The molecule has 1 aromatic rings. The zero-order valence-electron chi connectivity index (χ0n) is 9.74. The third-order valence-corrected chi connectivity index (χ3v) is 3.41. The number of hydrogen-bond acceptors (Lipinski definition) is 2. The summed E-state index contributed by atoms with van der Waals surface area (Å²) < 4.78 is 0. The Hall–Kier alpha value is -0.830. The van der Waals surface area contributed by atoms with E-state index >= 15 is 0 Å². The number of nitrogens with one attached hydrogen (secondary N) is 1. The first-order valence-corrected chi connectivity index (χ1v) is 5.96. The van der Waals surface area contributed by atoms with Crippen molar-refractivity contribution in [3.8, 4) is 0 Å². The highest BCUT2D eigenvalue weighted by molar-refractivity contribution is 4.88. The molecule has 0 spiro atoms. The molecule has 0 aliphatic carbocycles. The highest BCUT2D eigenvalue weighted by Crippen LogP contribution is 2.23. The predicted octanol–water partition coefficient (Wildman–Crippen LogP) is 2.28. The van der Waals surface area contributed by atoms with Gasteiger partial charge in [0.25, 0.3) is 0 Å². The molecule has 1 saturated heterocycles. The topological polar surface area (TPSA) is 31.9 Å². The van der Waals surface area contributed by atoms with Gasteiger partial charge in [0.2, 0.25) is 0 Å². The van der Waals surface area contributed by atoms with Crippen LogP contribution in [0.5, 0.6) is 0 Å². The number of hydrogen-bond donors (Lipinski definition) is 1. The fraction of sp³-hybridized carbons (Fsp3) is 0.750. The lowest BCUT2D eigenvalue weighted by Gasteiger charge is -2.34. The Kier molecular flexibility index (Phi) is 3.41. The quantitative estimate of drug-likeness (QED) is 0.824. The number of nitrogens with zero attached hydrogens (tertiary/aromatic N) is 2. The fourth-order valence-electron chi connectivity index (χ4n) is 2.38. The van der Waals surface area contributed by atoms with Crippen molar-refractivity contribution in [3.63, 3.8) is 0 Å². The zero-order chi connectivity index (χ0) is 10.7. The third-order valence-electron chi connectivity index (χ3n) is 3.41. The summed E-state index contributed by atoms with van der Waals surface area (Å²) in [4.78, 5) is 9.98. The molecule has 84 valence electrons. The lowest BCUT2D eigenvalue weighted by Crippen LogP contribution is -2.37. The summed E-state index contributed by atoms with van der Waals surface area (Å²) in [6.45, 7) is 8.11. The molecule has 1 aliphatic rings. The monoisotopic (exact) mass is 207 g/mol. The van der Waals surface area contributed by atoms with Gasteiger partial charge < -0.3 is 4.98 Å². The first-order chi connectivity index (χ1) is 7.25. The maximum Gasteiger partial charge on any atom is 0.120 e. The first kappa shape index (κ1) is 10.7. The van der Waals surface area contributed by atoms with Crippen LogP contribution in [0.3, 0.4) is 0 Å². The molecule has 0 amide bonds. The van der Waals surface area contributed by atoms with E-state index in [1.807, 2.05) is 12.4 Å². The highest BCUT2D eigenvalue weighted by Gasteiger charge is 2.22. The van der Waals surface area contributed by atoms with Gasteiger partial charge in [-0.05, 0) is 31.2 Å². The number of aromatic amines is 1. The molecule has 0 aromatic carbocycles. The van der Waals surface area contributed by atoms with Gasteiger partial charge in [-0.1, -0.05) is 13.8 Å². The maximum absolute atomic E-state index is 4.28. The van der Waals surface area contributed by atoms with Crippen molar-refractivity contribution in [2.75, 3.05) is 13.1 Å². The van der Waals surface area contributed by atoms with Crippen molar-refractivity contribution in [1.82, 2.24) is 14.9 Å². The standard InChI is InChI=1S/C12H21N3/c1-10(2)11-4-3-7-15(8-11)9-12-13-5-6-14-12/h5-6,10-11H,3-4,7-9H2,1-2H3,(H,13,14)/t11-/m0/s1. The molecule has 0 saturated carbocycles. The van der Waals surface area contributed by atoms with E-state index in [2.05, 4.69) is 28.7 Å². The molecule has 2 heterocycles. The Balaban J connectivity index is 1.88. The molecular formula is C12H21N3. The molecule has 0 bridgehead atoms. The second-order valence-corrected chi connectivity index (χ2v) is 4.92. The molecule has 0 unspecified atom stereocenters. The summed E-state index contributed by atoms with van der Waals surface area (Å²) in [6, 6.07) is 0. The fourth-order valence-corrected chi connectivity index (χ4v) is 2.38. The van der Waals surface area contributed by atoms with Crippen LogP contribution in [0, 0.1) is 11.8 Å². The number of imidazole rings is 1. The van der Waals surface area contributed by atoms with Crippen LogP contribution in [-0.2, 0) is 6.54 Å². The second-order valence-electron chi connectivity index (χ2n) is 4.92. The average molecular weight is 207 g/mol. The first-order valence-electron chi connectivity index (χ1n) is 5.96. The molecule has 3 nitrogen and oxygen atoms in total. The lowest BCUT2D eigenvalue weighted by atomic mass is 9.88. The van der Waals surface area contributed by atoms with E-state index in [1.54, 1.807) is 0 Å². The molecule has 1 aromatic heterocycles. The lowest BCUT2D eigenvalue weighted by molar-refractivity contribution is 0.137. The summed E-state index contributed by atoms with van der Waals surface area (Å²) in [5.74, 6) is 2.78. The maximum atomic E-state index is 4.28. The minimum absolute atomic E-state index is 0.810. The van der Waals surface area contributed by atoms with Crippen LogP contribution in [0.15, 0.2) is 12.4 Å². The van der Waals surface area contributed by atoms with Crippen LogP contribution in [0.1, 0.15) is 32.5 Å². The van der Waals surface area contributed by atoms with E-state index in [0.717, 1.165) is 24.2 Å². The van der Waals surface area contributed by atoms with Crippen molar-refractivity contribution in [2.24, 2.45) is 11.8 Å². The van der Waals surface area contributed by atoms with E-state index in [4.69, 9.17) is 0 Å². The van der Waals surface area contributed by atoms with Crippen LogP contribution >= 0.6 is 0 Å². The van der Waals surface area contributed by atoms with E-state index in [1.165, 1.54) is 25.9 Å². The number of aromatic nitrogens is 2. The molecule has 1 N–H and O–H groups in total. The smallest absolute Gasteiger partial charge is 0.120 e. The largest absolute Gasteiger partial charge is 0.348 e. The molecule has 3 heteroatoms. The number of piperidine rings is 1. The SMILES string of the molecule is CC(C)[C@H]1CCCN(Cc2ncc[nH]2)C1. The molecule has 1 atom stereocenters. The summed E-state index contributed by atoms with van der Waals surface area (Å²) in [5.41, 5.74) is 0. The van der Waals surface area contributed by atoms with Gasteiger partial charge in [-0.25, -0.2) is 4.98 Å². The van der Waals surface area contributed by atoms with E-state index in [-0.39, 0.29) is 0 Å². The molecule has 1 aliphatic heterocycles. The van der Waals surface area contributed by atoms with Crippen molar-refractivity contribution < 1.29 is 0 Å². The number of H-pyrrole nitrogens is 1. The second kappa shape index (κ2) is 4.79. The van der Waals surface area contributed by atoms with E-state index in [9.17, 15) is 0 Å². The van der Waals surface area contributed by atoms with Crippen molar-refractivity contribution in [3.05, 3.63) is 18.2 Å². The molecule has 0 radical (unpaired) electrons. The Morgan fingerprint density at radius 3 is 3.13 bits per heavy atom. The third kappa shape index (κ3) is 2.81. The number of likely N-dealkylation sites (tertiary alicyclic amines) is 1. The Morgan fingerprint density at radius 2 is 2.47 bits per heavy atom. The Bertz CT molecular complexity index is 279. The molecule has 1 fully saturated rings.